The Morgan fingerprint density at radius 1 is 0.606 bits per heavy atom. The smallest absolute Gasteiger partial charge is 0.101 e. The molecule has 200 valence electrons. The average Bonchev–Trinajstić information content (AvgIpc) is 2.75. The Morgan fingerprint density at radius 2 is 1.06 bits per heavy atom. The van der Waals surface area contributed by atoms with Gasteiger partial charge in [0.15, 0.2) is 0 Å². The third-order valence-electron chi connectivity index (χ3n) is 5.36. The maximum absolute atomic E-state index is 9.68. The lowest BCUT2D eigenvalue weighted by Crippen LogP contribution is -2.27. The van der Waals surface area contributed by atoms with Crippen molar-refractivity contribution in [3.63, 3.8) is 0 Å². The van der Waals surface area contributed by atoms with E-state index in [0.717, 1.165) is 84.2 Å². The molecule has 0 fully saturated rings. The fourth-order valence-corrected chi connectivity index (χ4v) is 3.35. The lowest BCUT2D eigenvalue weighted by atomic mass is 10.00. The Hall–Kier alpha value is -0.280. The standard InChI is InChI=1S/C26H54O7/c1-6-16-29-17-11-12-20-33-26(4,5)14-8-10-19-32-25(2,3)13-7-9-18-30-22-24(28)23-31-21-15-27/h24,27-28H,6-23H2,1-5H3. The minimum atomic E-state index is -0.642. The molecule has 1 unspecified atom stereocenters. The molecule has 0 spiro atoms. The van der Waals surface area contributed by atoms with E-state index in [2.05, 4.69) is 34.6 Å². The first-order chi connectivity index (χ1) is 15.7. The van der Waals surface area contributed by atoms with E-state index in [1.165, 1.54) is 0 Å². The van der Waals surface area contributed by atoms with Gasteiger partial charge >= 0.3 is 0 Å². The average molecular weight is 479 g/mol. The highest BCUT2D eigenvalue weighted by Gasteiger charge is 2.20. The first-order valence-corrected chi connectivity index (χ1v) is 13.0. The van der Waals surface area contributed by atoms with Gasteiger partial charge in [-0.15, -0.1) is 0 Å². The number of aliphatic hydroxyl groups is 2. The molecule has 7 nitrogen and oxygen atoms in total. The van der Waals surface area contributed by atoms with Crippen molar-refractivity contribution in [1.29, 1.82) is 0 Å². The molecule has 0 rings (SSSR count). The van der Waals surface area contributed by atoms with Crippen molar-refractivity contribution in [2.45, 2.75) is 110 Å². The van der Waals surface area contributed by atoms with Crippen LogP contribution in [-0.4, -0.2) is 87.0 Å². The third-order valence-corrected chi connectivity index (χ3v) is 5.36. The minimum absolute atomic E-state index is 0.0341. The molecular formula is C26H54O7. The van der Waals surface area contributed by atoms with Crippen LogP contribution in [0.25, 0.3) is 0 Å². The molecule has 7 heteroatoms. The highest BCUT2D eigenvalue weighted by atomic mass is 16.5. The first-order valence-electron chi connectivity index (χ1n) is 13.0. The quantitative estimate of drug-likeness (QED) is 0.187. The molecule has 0 aromatic heterocycles. The fourth-order valence-electron chi connectivity index (χ4n) is 3.35. The van der Waals surface area contributed by atoms with E-state index in [-0.39, 0.29) is 37.6 Å². The van der Waals surface area contributed by atoms with Gasteiger partial charge in [-0.3, -0.25) is 0 Å². The molecule has 0 bridgehead atoms. The highest BCUT2D eigenvalue weighted by molar-refractivity contribution is 4.70. The summed E-state index contributed by atoms with van der Waals surface area (Å²) < 4.78 is 28.2. The van der Waals surface area contributed by atoms with Gasteiger partial charge in [0.25, 0.3) is 0 Å². The molecule has 0 aromatic rings. The first kappa shape index (κ1) is 32.7. The summed E-state index contributed by atoms with van der Waals surface area (Å²) in [6.45, 7) is 15.3. The van der Waals surface area contributed by atoms with Gasteiger partial charge in [-0.25, -0.2) is 0 Å². The lowest BCUT2D eigenvalue weighted by molar-refractivity contribution is -0.0417. The Bertz CT molecular complexity index is 415. The highest BCUT2D eigenvalue weighted by Crippen LogP contribution is 2.21. The van der Waals surface area contributed by atoms with E-state index in [4.69, 9.17) is 28.8 Å². The molecule has 0 aliphatic heterocycles. The lowest BCUT2D eigenvalue weighted by Gasteiger charge is -2.27. The second-order valence-corrected chi connectivity index (χ2v) is 9.98. The Balaban J connectivity index is 3.64. The normalized spacial score (nSPS) is 13.5. The molecule has 0 saturated heterocycles. The molecular weight excluding hydrogens is 424 g/mol. The summed E-state index contributed by atoms with van der Waals surface area (Å²) in [5.41, 5.74) is -0.220. The summed E-state index contributed by atoms with van der Waals surface area (Å²) in [5.74, 6) is 0. The van der Waals surface area contributed by atoms with Crippen LogP contribution >= 0.6 is 0 Å². The zero-order valence-corrected chi connectivity index (χ0v) is 22.2. The van der Waals surface area contributed by atoms with Gasteiger partial charge in [0.2, 0.25) is 0 Å². The second-order valence-electron chi connectivity index (χ2n) is 9.98. The van der Waals surface area contributed by atoms with Crippen LogP contribution in [0.4, 0.5) is 0 Å². The molecule has 33 heavy (non-hydrogen) atoms. The molecule has 2 N–H and O–H groups in total. The molecule has 0 heterocycles. The van der Waals surface area contributed by atoms with Gasteiger partial charge in [0.1, 0.15) is 6.10 Å². The largest absolute Gasteiger partial charge is 0.394 e. The SMILES string of the molecule is CCCOCCCCOC(C)(C)CCCCOC(C)(C)CCCCOCC(O)COCCO. The van der Waals surface area contributed by atoms with Gasteiger partial charge in [0.05, 0.1) is 37.6 Å². The van der Waals surface area contributed by atoms with Crippen LogP contribution in [0.5, 0.6) is 0 Å². The van der Waals surface area contributed by atoms with E-state index in [9.17, 15) is 5.11 Å². The van der Waals surface area contributed by atoms with Crippen LogP contribution in [0, 0.1) is 0 Å². The Morgan fingerprint density at radius 3 is 1.61 bits per heavy atom. The summed E-state index contributed by atoms with van der Waals surface area (Å²) in [5, 5.41) is 18.3. The Labute approximate surface area is 203 Å². The number of rotatable bonds is 25. The van der Waals surface area contributed by atoms with Gasteiger partial charge in [-0.2, -0.15) is 0 Å². The van der Waals surface area contributed by atoms with E-state index in [1.54, 1.807) is 0 Å². The van der Waals surface area contributed by atoms with Gasteiger partial charge in [-0.05, 0) is 85.5 Å². The maximum Gasteiger partial charge on any atom is 0.101 e. The topological polar surface area (TPSA) is 86.6 Å². The molecule has 0 aliphatic carbocycles. The number of aliphatic hydroxyl groups excluding tert-OH is 2. The molecule has 0 aliphatic rings. The summed E-state index contributed by atoms with van der Waals surface area (Å²) in [7, 11) is 0. The second kappa shape index (κ2) is 21.0. The van der Waals surface area contributed by atoms with Crippen LogP contribution in [0.2, 0.25) is 0 Å². The molecule has 1 atom stereocenters. The summed E-state index contributed by atoms with van der Waals surface area (Å²) in [6, 6.07) is 0. The number of ether oxygens (including phenoxy) is 5. The van der Waals surface area contributed by atoms with Crippen molar-refractivity contribution < 1.29 is 33.9 Å². The minimum Gasteiger partial charge on any atom is -0.394 e. The van der Waals surface area contributed by atoms with Gasteiger partial charge < -0.3 is 33.9 Å². The van der Waals surface area contributed by atoms with Crippen LogP contribution in [0.1, 0.15) is 92.4 Å². The van der Waals surface area contributed by atoms with E-state index in [1.807, 2.05) is 0 Å². The van der Waals surface area contributed by atoms with Gasteiger partial charge in [-0.1, -0.05) is 6.92 Å². The number of hydrogen-bond donors (Lipinski definition) is 2. The molecule has 0 amide bonds. The molecule has 0 aromatic carbocycles. The maximum atomic E-state index is 9.68. The van der Waals surface area contributed by atoms with Crippen molar-refractivity contribution in [2.24, 2.45) is 0 Å². The number of hydrogen-bond acceptors (Lipinski definition) is 7. The van der Waals surface area contributed by atoms with E-state index >= 15 is 0 Å². The summed E-state index contributed by atoms with van der Waals surface area (Å²) in [6.07, 6.45) is 8.67. The zero-order valence-electron chi connectivity index (χ0n) is 22.2. The van der Waals surface area contributed by atoms with E-state index in [0.29, 0.717) is 6.61 Å². The van der Waals surface area contributed by atoms with E-state index < -0.39 is 6.10 Å². The predicted molar refractivity (Wildman–Crippen MR) is 133 cm³/mol. The van der Waals surface area contributed by atoms with Crippen LogP contribution in [0.3, 0.4) is 0 Å². The van der Waals surface area contributed by atoms with Crippen molar-refractivity contribution >= 4 is 0 Å². The van der Waals surface area contributed by atoms with Gasteiger partial charge in [0, 0.05) is 33.0 Å². The Kier molecular flexibility index (Phi) is 20.9. The van der Waals surface area contributed by atoms with Crippen molar-refractivity contribution in [3.8, 4) is 0 Å². The summed E-state index contributed by atoms with van der Waals surface area (Å²) >= 11 is 0. The predicted octanol–water partition coefficient (Wildman–Crippen LogP) is 4.51. The van der Waals surface area contributed by atoms with Crippen molar-refractivity contribution in [2.75, 3.05) is 59.5 Å². The fraction of sp³-hybridized carbons (Fsp3) is 1.00. The molecule has 0 radical (unpaired) electrons. The van der Waals surface area contributed by atoms with Crippen molar-refractivity contribution in [1.82, 2.24) is 0 Å². The van der Waals surface area contributed by atoms with Crippen molar-refractivity contribution in [3.05, 3.63) is 0 Å². The van der Waals surface area contributed by atoms with Crippen LogP contribution in [0.15, 0.2) is 0 Å². The molecule has 0 saturated carbocycles. The van der Waals surface area contributed by atoms with Crippen LogP contribution in [-0.2, 0) is 23.7 Å². The number of unbranched alkanes of at least 4 members (excludes halogenated alkanes) is 3. The zero-order chi connectivity index (χ0) is 24.8. The summed E-state index contributed by atoms with van der Waals surface area (Å²) in [4.78, 5) is 0. The third kappa shape index (κ3) is 23.2. The monoisotopic (exact) mass is 478 g/mol. The van der Waals surface area contributed by atoms with Crippen LogP contribution < -0.4 is 0 Å².